The van der Waals surface area contributed by atoms with Crippen molar-refractivity contribution in [3.63, 3.8) is 0 Å². The standard InChI is InChI=1S/C12H7Cl3OS/c13-8-3-7(4-9(14)5-8)11(16)6-10-1-2-12(15)17-10/h1-5H,6H2. The Morgan fingerprint density at radius 3 is 2.24 bits per heavy atom. The lowest BCUT2D eigenvalue weighted by molar-refractivity contribution is 0.0994. The molecule has 2 rings (SSSR count). The summed E-state index contributed by atoms with van der Waals surface area (Å²) in [6.45, 7) is 0. The Hall–Kier alpha value is -0.540. The molecule has 1 aromatic heterocycles. The number of Topliss-reactive ketones (excluding diaryl/α,β-unsaturated/α-hetero) is 1. The molecule has 0 spiro atoms. The highest BCUT2D eigenvalue weighted by Gasteiger charge is 2.10. The van der Waals surface area contributed by atoms with Gasteiger partial charge in [0.2, 0.25) is 0 Å². The first kappa shape index (κ1) is 12.9. The SMILES string of the molecule is O=C(Cc1ccc(Cl)s1)c1cc(Cl)cc(Cl)c1. The van der Waals surface area contributed by atoms with Crippen molar-refractivity contribution < 1.29 is 4.79 Å². The van der Waals surface area contributed by atoms with Gasteiger partial charge in [0, 0.05) is 26.9 Å². The van der Waals surface area contributed by atoms with E-state index in [9.17, 15) is 4.79 Å². The molecule has 0 bridgehead atoms. The van der Waals surface area contributed by atoms with Gasteiger partial charge in [0.05, 0.1) is 4.34 Å². The monoisotopic (exact) mass is 304 g/mol. The lowest BCUT2D eigenvalue weighted by Gasteiger charge is -2.01. The van der Waals surface area contributed by atoms with E-state index in [2.05, 4.69) is 0 Å². The maximum absolute atomic E-state index is 12.0. The summed E-state index contributed by atoms with van der Waals surface area (Å²) >= 11 is 18.9. The first-order valence-corrected chi connectivity index (χ1v) is 6.73. The highest BCUT2D eigenvalue weighted by Crippen LogP contribution is 2.24. The van der Waals surface area contributed by atoms with Crippen LogP contribution in [0.15, 0.2) is 30.3 Å². The first-order valence-electron chi connectivity index (χ1n) is 4.78. The van der Waals surface area contributed by atoms with Crippen LogP contribution in [0.3, 0.4) is 0 Å². The Labute approximate surface area is 118 Å². The largest absolute Gasteiger partial charge is 0.294 e. The summed E-state index contributed by atoms with van der Waals surface area (Å²) in [5, 5.41) is 0.926. The highest BCUT2D eigenvalue weighted by molar-refractivity contribution is 7.16. The highest BCUT2D eigenvalue weighted by atomic mass is 35.5. The van der Waals surface area contributed by atoms with Crippen LogP contribution in [0.5, 0.6) is 0 Å². The van der Waals surface area contributed by atoms with E-state index in [1.165, 1.54) is 11.3 Å². The zero-order valence-corrected chi connectivity index (χ0v) is 11.6. The van der Waals surface area contributed by atoms with E-state index >= 15 is 0 Å². The molecule has 0 N–H and O–H groups in total. The number of halogens is 3. The van der Waals surface area contributed by atoms with E-state index in [-0.39, 0.29) is 5.78 Å². The van der Waals surface area contributed by atoms with Crippen LogP contribution in [0.1, 0.15) is 15.2 Å². The second-order valence-corrected chi connectivity index (χ2v) is 6.14. The number of hydrogen-bond acceptors (Lipinski definition) is 2. The van der Waals surface area contributed by atoms with Crippen molar-refractivity contribution in [3.8, 4) is 0 Å². The van der Waals surface area contributed by atoms with E-state index < -0.39 is 0 Å². The number of ketones is 1. The summed E-state index contributed by atoms with van der Waals surface area (Å²) < 4.78 is 0.678. The molecule has 0 aliphatic rings. The van der Waals surface area contributed by atoms with E-state index in [1.54, 1.807) is 24.3 Å². The average molecular weight is 306 g/mol. The zero-order chi connectivity index (χ0) is 12.4. The number of thiophene rings is 1. The van der Waals surface area contributed by atoms with Gasteiger partial charge in [-0.15, -0.1) is 11.3 Å². The molecule has 0 amide bonds. The molecule has 1 heterocycles. The normalized spacial score (nSPS) is 10.5. The summed E-state index contributed by atoms with van der Waals surface area (Å²) in [4.78, 5) is 12.9. The fraction of sp³-hybridized carbons (Fsp3) is 0.0833. The third-order valence-electron chi connectivity index (χ3n) is 2.15. The van der Waals surface area contributed by atoms with E-state index in [0.717, 1.165) is 4.88 Å². The van der Waals surface area contributed by atoms with Gasteiger partial charge in [-0.1, -0.05) is 34.8 Å². The molecule has 1 nitrogen and oxygen atoms in total. The molecule has 2 aromatic rings. The van der Waals surface area contributed by atoms with Gasteiger partial charge in [0.15, 0.2) is 5.78 Å². The summed E-state index contributed by atoms with van der Waals surface area (Å²) in [5.41, 5.74) is 0.520. The van der Waals surface area contributed by atoms with E-state index in [4.69, 9.17) is 34.8 Å². The van der Waals surface area contributed by atoms with Crippen molar-refractivity contribution in [2.45, 2.75) is 6.42 Å². The van der Waals surface area contributed by atoms with Crippen molar-refractivity contribution in [2.75, 3.05) is 0 Å². The van der Waals surface area contributed by atoms with Crippen molar-refractivity contribution in [1.82, 2.24) is 0 Å². The van der Waals surface area contributed by atoms with Crippen molar-refractivity contribution in [1.29, 1.82) is 0 Å². The molecule has 0 fully saturated rings. The molecule has 0 atom stereocenters. The minimum Gasteiger partial charge on any atom is -0.294 e. The molecule has 0 radical (unpaired) electrons. The van der Waals surface area contributed by atoms with Crippen molar-refractivity contribution >= 4 is 51.9 Å². The quantitative estimate of drug-likeness (QED) is 0.718. The maximum atomic E-state index is 12.0. The lowest BCUT2D eigenvalue weighted by atomic mass is 10.1. The van der Waals surface area contributed by atoms with Crippen molar-refractivity contribution in [3.05, 3.63) is 55.2 Å². The van der Waals surface area contributed by atoms with Crippen LogP contribution in [0.4, 0.5) is 0 Å². The molecule has 0 saturated heterocycles. The van der Waals surface area contributed by atoms with Gasteiger partial charge in [-0.2, -0.15) is 0 Å². The molecule has 17 heavy (non-hydrogen) atoms. The van der Waals surface area contributed by atoms with Crippen LogP contribution in [0.2, 0.25) is 14.4 Å². The molecule has 88 valence electrons. The topological polar surface area (TPSA) is 17.1 Å². The Morgan fingerprint density at radius 2 is 1.71 bits per heavy atom. The third-order valence-corrected chi connectivity index (χ3v) is 3.82. The van der Waals surface area contributed by atoms with Crippen LogP contribution >= 0.6 is 46.1 Å². The Bertz CT molecular complexity index is 542. The first-order chi connectivity index (χ1) is 8.04. The molecule has 0 aliphatic carbocycles. The number of hydrogen-bond donors (Lipinski definition) is 0. The molecule has 5 heteroatoms. The molecule has 0 unspecified atom stereocenters. The Morgan fingerprint density at radius 1 is 1.06 bits per heavy atom. The van der Waals surface area contributed by atoms with Gasteiger partial charge >= 0.3 is 0 Å². The summed E-state index contributed by atoms with van der Waals surface area (Å²) in [7, 11) is 0. The third kappa shape index (κ3) is 3.46. The average Bonchev–Trinajstić information content (AvgIpc) is 2.62. The van der Waals surface area contributed by atoms with Crippen LogP contribution in [0.25, 0.3) is 0 Å². The zero-order valence-electron chi connectivity index (χ0n) is 8.54. The summed E-state index contributed by atoms with van der Waals surface area (Å²) in [6, 6.07) is 8.45. The minimum atomic E-state index is -0.0204. The van der Waals surface area contributed by atoms with Crippen LogP contribution in [-0.2, 0) is 6.42 Å². The second kappa shape index (κ2) is 5.40. The van der Waals surface area contributed by atoms with Crippen molar-refractivity contribution in [2.24, 2.45) is 0 Å². The van der Waals surface area contributed by atoms with Gasteiger partial charge in [0.1, 0.15) is 0 Å². The second-order valence-electron chi connectivity index (χ2n) is 3.46. The summed E-state index contributed by atoms with van der Waals surface area (Å²) in [6.07, 6.45) is 0.314. The van der Waals surface area contributed by atoms with Gasteiger partial charge < -0.3 is 0 Å². The number of benzene rings is 1. The lowest BCUT2D eigenvalue weighted by Crippen LogP contribution is -2.02. The van der Waals surface area contributed by atoms with Crippen LogP contribution < -0.4 is 0 Å². The fourth-order valence-electron chi connectivity index (χ4n) is 1.42. The van der Waals surface area contributed by atoms with Crippen LogP contribution in [0, 0.1) is 0 Å². The maximum Gasteiger partial charge on any atom is 0.168 e. The Balaban J connectivity index is 2.19. The molecule has 1 aromatic carbocycles. The smallest absolute Gasteiger partial charge is 0.168 e. The summed E-state index contributed by atoms with van der Waals surface area (Å²) in [5.74, 6) is -0.0204. The van der Waals surface area contributed by atoms with E-state index in [0.29, 0.717) is 26.4 Å². The van der Waals surface area contributed by atoms with Gasteiger partial charge in [-0.05, 0) is 30.3 Å². The van der Waals surface area contributed by atoms with E-state index in [1.807, 2.05) is 6.07 Å². The molecular weight excluding hydrogens is 299 g/mol. The molecule has 0 saturated carbocycles. The van der Waals surface area contributed by atoms with Crippen LogP contribution in [-0.4, -0.2) is 5.78 Å². The molecule has 0 aliphatic heterocycles. The van der Waals surface area contributed by atoms with Gasteiger partial charge in [-0.3, -0.25) is 4.79 Å². The number of carbonyl (C=O) groups excluding carboxylic acids is 1. The van der Waals surface area contributed by atoms with Gasteiger partial charge in [0.25, 0.3) is 0 Å². The number of carbonyl (C=O) groups is 1. The molecular formula is C12H7Cl3OS. The number of rotatable bonds is 3. The fourth-order valence-corrected chi connectivity index (χ4v) is 3.03. The predicted octanol–water partition coefficient (Wildman–Crippen LogP) is 5.13. The Kier molecular flexibility index (Phi) is 4.10. The predicted molar refractivity (Wildman–Crippen MR) is 73.8 cm³/mol. The minimum absolute atomic E-state index is 0.0204. The van der Waals surface area contributed by atoms with Gasteiger partial charge in [-0.25, -0.2) is 0 Å².